The number of aromatic nitrogens is 5. The Balaban J connectivity index is 1.52. The molecule has 2 amide bonds. The maximum Gasteiger partial charge on any atom is 0.320 e. The van der Waals surface area contributed by atoms with Crippen LogP contribution in [0.1, 0.15) is 12.5 Å². The molecule has 29 heavy (non-hydrogen) atoms. The van der Waals surface area contributed by atoms with Crippen molar-refractivity contribution in [2.45, 2.75) is 13.5 Å². The van der Waals surface area contributed by atoms with E-state index in [9.17, 15) is 4.79 Å². The molecule has 4 aromatic rings. The molecule has 0 spiro atoms. The average Bonchev–Trinajstić information content (AvgIpc) is 3.21. The van der Waals surface area contributed by atoms with Gasteiger partial charge in [-0.3, -0.25) is 5.32 Å². The number of carbonyl (C=O) groups excluding carboxylic acids is 1. The molecule has 0 unspecified atom stereocenters. The molecule has 0 atom stereocenters. The second-order valence-corrected chi connectivity index (χ2v) is 6.34. The number of amides is 2. The van der Waals surface area contributed by atoms with Crippen molar-refractivity contribution < 1.29 is 4.79 Å². The van der Waals surface area contributed by atoms with Crippen molar-refractivity contribution in [2.24, 2.45) is 0 Å². The van der Waals surface area contributed by atoms with Crippen LogP contribution in [0.2, 0.25) is 0 Å². The Hall–Kier alpha value is -4.01. The van der Waals surface area contributed by atoms with E-state index >= 15 is 0 Å². The normalized spacial score (nSPS) is 10.7. The monoisotopic (exact) mass is 388 g/mol. The molecule has 0 saturated carbocycles. The van der Waals surface area contributed by atoms with E-state index in [1.54, 1.807) is 30.9 Å². The summed E-state index contributed by atoms with van der Waals surface area (Å²) in [5.41, 5.74) is 3.12. The number of rotatable bonds is 6. The lowest BCUT2D eigenvalue weighted by molar-refractivity contribution is 0.252. The van der Waals surface area contributed by atoms with Crippen molar-refractivity contribution in [1.29, 1.82) is 0 Å². The number of urea groups is 1. The largest absolute Gasteiger partial charge is 0.339 e. The highest BCUT2D eigenvalue weighted by Gasteiger charge is 2.06. The van der Waals surface area contributed by atoms with Gasteiger partial charge in [0.1, 0.15) is 11.3 Å². The molecule has 4 rings (SSSR count). The number of nitrogens with one attached hydrogen (secondary N) is 3. The Morgan fingerprint density at radius 2 is 2.03 bits per heavy atom. The summed E-state index contributed by atoms with van der Waals surface area (Å²) in [4.78, 5) is 29.0. The highest BCUT2D eigenvalue weighted by molar-refractivity contribution is 5.89. The Morgan fingerprint density at radius 3 is 2.86 bits per heavy atom. The fourth-order valence-electron chi connectivity index (χ4n) is 2.84. The number of benzene rings is 1. The maximum atomic E-state index is 11.7. The summed E-state index contributed by atoms with van der Waals surface area (Å²) in [5.74, 6) is 0.983. The Labute approximate surface area is 167 Å². The standard InChI is InChI=1S/C20H20N8O/c1-2-22-20(29)27-17-7-6-16-19(25-17)26-18(11-23-16)24-15-5-3-4-14(10-15)12-28-9-8-21-13-28/h3-11,13H,2,12H2,1H3,(H3,22,24,25,26,27,29). The maximum absolute atomic E-state index is 11.7. The summed E-state index contributed by atoms with van der Waals surface area (Å²) in [7, 11) is 0. The summed E-state index contributed by atoms with van der Waals surface area (Å²) in [6.07, 6.45) is 7.12. The van der Waals surface area contributed by atoms with E-state index < -0.39 is 0 Å². The number of carbonyl (C=O) groups is 1. The van der Waals surface area contributed by atoms with E-state index in [-0.39, 0.29) is 6.03 Å². The van der Waals surface area contributed by atoms with Gasteiger partial charge in [-0.1, -0.05) is 12.1 Å². The average molecular weight is 388 g/mol. The molecular formula is C20H20N8O. The zero-order valence-corrected chi connectivity index (χ0v) is 15.8. The number of nitrogens with zero attached hydrogens (tertiary/aromatic N) is 5. The molecule has 3 aromatic heterocycles. The lowest BCUT2D eigenvalue weighted by Crippen LogP contribution is -2.28. The third-order valence-corrected chi connectivity index (χ3v) is 4.11. The molecule has 146 valence electrons. The molecule has 9 nitrogen and oxygen atoms in total. The van der Waals surface area contributed by atoms with Crippen LogP contribution in [0.5, 0.6) is 0 Å². The molecule has 0 aliphatic rings. The van der Waals surface area contributed by atoms with Crippen molar-refractivity contribution in [2.75, 3.05) is 17.2 Å². The van der Waals surface area contributed by atoms with E-state index in [1.165, 1.54) is 0 Å². The van der Waals surface area contributed by atoms with Gasteiger partial charge >= 0.3 is 6.03 Å². The summed E-state index contributed by atoms with van der Waals surface area (Å²) < 4.78 is 2.00. The predicted octanol–water partition coefficient (Wildman–Crippen LogP) is 3.15. The number of pyridine rings is 1. The van der Waals surface area contributed by atoms with Gasteiger partial charge in [-0.25, -0.2) is 24.7 Å². The fourth-order valence-corrected chi connectivity index (χ4v) is 2.84. The molecule has 0 bridgehead atoms. The van der Waals surface area contributed by atoms with Crippen molar-refractivity contribution in [3.63, 3.8) is 0 Å². The van der Waals surface area contributed by atoms with Gasteiger partial charge in [-0.05, 0) is 36.8 Å². The van der Waals surface area contributed by atoms with Gasteiger partial charge in [-0.2, -0.15) is 0 Å². The number of hydrogen-bond acceptors (Lipinski definition) is 6. The van der Waals surface area contributed by atoms with Gasteiger partial charge in [-0.15, -0.1) is 0 Å². The van der Waals surface area contributed by atoms with Crippen LogP contribution in [0.3, 0.4) is 0 Å². The minimum Gasteiger partial charge on any atom is -0.339 e. The van der Waals surface area contributed by atoms with Gasteiger partial charge in [0.05, 0.1) is 12.5 Å². The van der Waals surface area contributed by atoms with E-state index in [1.807, 2.05) is 35.9 Å². The zero-order valence-electron chi connectivity index (χ0n) is 15.8. The topological polar surface area (TPSA) is 110 Å². The number of anilines is 3. The lowest BCUT2D eigenvalue weighted by Gasteiger charge is -2.09. The summed E-state index contributed by atoms with van der Waals surface area (Å²) in [6.45, 7) is 3.11. The fraction of sp³-hybridized carbons (Fsp3) is 0.150. The Kier molecular flexibility index (Phi) is 5.28. The molecule has 3 heterocycles. The van der Waals surface area contributed by atoms with Gasteiger partial charge in [0.2, 0.25) is 0 Å². The molecule has 0 aliphatic carbocycles. The van der Waals surface area contributed by atoms with Crippen LogP contribution in [0.15, 0.2) is 61.3 Å². The number of hydrogen-bond donors (Lipinski definition) is 3. The lowest BCUT2D eigenvalue weighted by atomic mass is 10.2. The molecular weight excluding hydrogens is 368 g/mol. The van der Waals surface area contributed by atoms with Crippen LogP contribution < -0.4 is 16.0 Å². The highest BCUT2D eigenvalue weighted by atomic mass is 16.2. The second-order valence-electron chi connectivity index (χ2n) is 6.34. The van der Waals surface area contributed by atoms with E-state index in [0.29, 0.717) is 29.3 Å². The SMILES string of the molecule is CCNC(=O)Nc1ccc2ncc(Nc3cccc(Cn4ccnc4)c3)nc2n1. The molecule has 0 radical (unpaired) electrons. The van der Waals surface area contributed by atoms with E-state index in [0.717, 1.165) is 17.8 Å². The Morgan fingerprint density at radius 1 is 1.14 bits per heavy atom. The van der Waals surface area contributed by atoms with Crippen LogP contribution in [0, 0.1) is 0 Å². The van der Waals surface area contributed by atoms with Gasteiger partial charge in [0, 0.05) is 31.2 Å². The highest BCUT2D eigenvalue weighted by Crippen LogP contribution is 2.19. The molecule has 0 saturated heterocycles. The molecule has 0 fully saturated rings. The van der Waals surface area contributed by atoms with Crippen LogP contribution >= 0.6 is 0 Å². The number of fused-ring (bicyclic) bond motifs is 1. The summed E-state index contributed by atoms with van der Waals surface area (Å²) >= 11 is 0. The van der Waals surface area contributed by atoms with Gasteiger partial charge in [0.25, 0.3) is 0 Å². The number of imidazole rings is 1. The first-order valence-electron chi connectivity index (χ1n) is 9.20. The summed E-state index contributed by atoms with van der Waals surface area (Å²) in [5, 5.41) is 8.60. The van der Waals surface area contributed by atoms with E-state index in [4.69, 9.17) is 0 Å². The van der Waals surface area contributed by atoms with Gasteiger partial charge < -0.3 is 15.2 Å². The minimum atomic E-state index is -0.309. The third-order valence-electron chi connectivity index (χ3n) is 4.11. The first-order valence-corrected chi connectivity index (χ1v) is 9.20. The first kappa shape index (κ1) is 18.4. The molecule has 1 aromatic carbocycles. The van der Waals surface area contributed by atoms with Crippen molar-refractivity contribution in [1.82, 2.24) is 29.8 Å². The van der Waals surface area contributed by atoms with Crippen LogP contribution in [-0.2, 0) is 6.54 Å². The van der Waals surface area contributed by atoms with Crippen LogP contribution in [0.25, 0.3) is 11.2 Å². The first-order chi connectivity index (χ1) is 14.2. The minimum absolute atomic E-state index is 0.309. The van der Waals surface area contributed by atoms with Crippen LogP contribution in [0.4, 0.5) is 22.1 Å². The second kappa shape index (κ2) is 8.34. The molecule has 9 heteroatoms. The van der Waals surface area contributed by atoms with Crippen molar-refractivity contribution >= 4 is 34.5 Å². The van der Waals surface area contributed by atoms with Gasteiger partial charge in [0.15, 0.2) is 11.5 Å². The molecule has 3 N–H and O–H groups in total. The quantitative estimate of drug-likeness (QED) is 0.468. The smallest absolute Gasteiger partial charge is 0.320 e. The third kappa shape index (κ3) is 4.64. The predicted molar refractivity (Wildman–Crippen MR) is 111 cm³/mol. The van der Waals surface area contributed by atoms with Crippen molar-refractivity contribution in [3.05, 3.63) is 66.9 Å². The van der Waals surface area contributed by atoms with Crippen LogP contribution in [-0.4, -0.2) is 37.1 Å². The zero-order chi connectivity index (χ0) is 20.1. The summed E-state index contributed by atoms with van der Waals surface area (Å²) in [6, 6.07) is 11.2. The Bertz CT molecular complexity index is 1130. The van der Waals surface area contributed by atoms with Crippen molar-refractivity contribution in [3.8, 4) is 0 Å². The molecule has 0 aliphatic heterocycles. The van der Waals surface area contributed by atoms with E-state index in [2.05, 4.69) is 42.0 Å².